The average Bonchev–Trinajstić information content (AvgIpc) is 2.49. The first-order valence-electron chi connectivity index (χ1n) is 6.82. The van der Waals surface area contributed by atoms with E-state index in [-0.39, 0.29) is 11.4 Å². The summed E-state index contributed by atoms with van der Waals surface area (Å²) in [5, 5.41) is 0. The molecule has 0 amide bonds. The Kier molecular flexibility index (Phi) is 3.47. The number of hydrogen-bond donors (Lipinski definition) is 0. The molecule has 0 spiro atoms. The van der Waals surface area contributed by atoms with Gasteiger partial charge in [-0.15, -0.1) is 0 Å². The Labute approximate surface area is 126 Å². The van der Waals surface area contributed by atoms with E-state index in [1.165, 1.54) is 10.5 Å². The van der Waals surface area contributed by atoms with Crippen LogP contribution in [0.3, 0.4) is 0 Å². The van der Waals surface area contributed by atoms with E-state index in [9.17, 15) is 9.59 Å². The van der Waals surface area contributed by atoms with Gasteiger partial charge in [0.15, 0.2) is 0 Å². The molecule has 3 aromatic rings. The monoisotopic (exact) mass is 294 g/mol. The number of pyridine rings is 1. The number of rotatable bonds is 2. The molecule has 110 valence electrons. The smallest absolute Gasteiger partial charge is 0.344 e. The number of carbonyl (C=O) groups is 1. The molecule has 2 heterocycles. The molecule has 1 aromatic carbocycles. The Balaban J connectivity index is 1.97. The van der Waals surface area contributed by atoms with Crippen LogP contribution in [0.25, 0.3) is 5.65 Å². The molecular weight excluding hydrogens is 280 g/mol. The van der Waals surface area contributed by atoms with Crippen LogP contribution in [-0.2, 0) is 0 Å². The van der Waals surface area contributed by atoms with E-state index in [0.717, 1.165) is 11.1 Å². The molecule has 0 saturated heterocycles. The molecule has 5 heteroatoms. The summed E-state index contributed by atoms with van der Waals surface area (Å²) in [7, 11) is 0. The number of ether oxygens (including phenoxy) is 1. The molecule has 0 fully saturated rings. The summed E-state index contributed by atoms with van der Waals surface area (Å²) in [5.41, 5.74) is 2.47. The summed E-state index contributed by atoms with van der Waals surface area (Å²) in [5.74, 6) is -0.533. The van der Waals surface area contributed by atoms with Crippen LogP contribution >= 0.6 is 0 Å². The van der Waals surface area contributed by atoms with Gasteiger partial charge in [0.25, 0.3) is 5.56 Å². The number of nitrogens with zero attached hydrogens (tertiary/aromatic N) is 2. The van der Waals surface area contributed by atoms with Gasteiger partial charge in [0.05, 0.1) is 11.6 Å². The van der Waals surface area contributed by atoms with Crippen molar-refractivity contribution in [1.29, 1.82) is 0 Å². The molecular formula is C17H14N2O3. The van der Waals surface area contributed by atoms with Gasteiger partial charge in [0, 0.05) is 6.20 Å². The van der Waals surface area contributed by atoms with E-state index in [2.05, 4.69) is 4.98 Å². The third kappa shape index (κ3) is 2.61. The second-order valence-corrected chi connectivity index (χ2v) is 5.07. The first-order valence-corrected chi connectivity index (χ1v) is 6.82. The fourth-order valence-corrected chi connectivity index (χ4v) is 2.14. The van der Waals surface area contributed by atoms with Gasteiger partial charge < -0.3 is 4.74 Å². The Hall–Kier alpha value is -2.95. The summed E-state index contributed by atoms with van der Waals surface area (Å²) in [4.78, 5) is 28.4. The molecule has 2 aromatic heterocycles. The fraction of sp³-hybridized carbons (Fsp3) is 0.118. The van der Waals surface area contributed by atoms with Crippen molar-refractivity contribution >= 4 is 11.6 Å². The summed E-state index contributed by atoms with van der Waals surface area (Å²) < 4.78 is 6.64. The molecule has 0 aliphatic rings. The Morgan fingerprint density at radius 2 is 1.86 bits per heavy atom. The summed E-state index contributed by atoms with van der Waals surface area (Å²) in [6.07, 6.45) is 1.63. The van der Waals surface area contributed by atoms with Crippen molar-refractivity contribution in [2.24, 2.45) is 0 Å². The maximum atomic E-state index is 12.1. The first-order chi connectivity index (χ1) is 10.5. The second-order valence-electron chi connectivity index (χ2n) is 5.07. The lowest BCUT2D eigenvalue weighted by Crippen LogP contribution is -2.17. The predicted octanol–water partition coefficient (Wildman–Crippen LogP) is 2.53. The molecule has 3 rings (SSSR count). The van der Waals surface area contributed by atoms with E-state index < -0.39 is 5.97 Å². The van der Waals surface area contributed by atoms with Gasteiger partial charge in [-0.25, -0.2) is 4.79 Å². The van der Waals surface area contributed by atoms with Gasteiger partial charge in [-0.2, -0.15) is 4.98 Å². The predicted molar refractivity (Wildman–Crippen MR) is 82.3 cm³/mol. The summed E-state index contributed by atoms with van der Waals surface area (Å²) >= 11 is 0. The minimum Gasteiger partial charge on any atom is -0.404 e. The average molecular weight is 294 g/mol. The highest BCUT2D eigenvalue weighted by Gasteiger charge is 2.11. The minimum absolute atomic E-state index is 0.00451. The van der Waals surface area contributed by atoms with Crippen LogP contribution in [0.4, 0.5) is 0 Å². The van der Waals surface area contributed by atoms with Gasteiger partial charge in [-0.3, -0.25) is 9.20 Å². The van der Waals surface area contributed by atoms with Crippen molar-refractivity contribution in [3.63, 3.8) is 0 Å². The number of benzene rings is 1. The molecule has 0 radical (unpaired) electrons. The van der Waals surface area contributed by atoms with Crippen LogP contribution in [0.1, 0.15) is 21.5 Å². The van der Waals surface area contributed by atoms with Gasteiger partial charge in [0.2, 0.25) is 5.88 Å². The maximum Gasteiger partial charge on any atom is 0.344 e. The van der Waals surface area contributed by atoms with Crippen molar-refractivity contribution in [1.82, 2.24) is 9.38 Å². The number of aryl methyl sites for hydroxylation is 2. The number of aromatic nitrogens is 2. The molecule has 0 bridgehead atoms. The highest BCUT2D eigenvalue weighted by molar-refractivity contribution is 5.90. The fourth-order valence-electron chi connectivity index (χ4n) is 2.14. The van der Waals surface area contributed by atoms with Crippen LogP contribution < -0.4 is 10.3 Å². The lowest BCUT2D eigenvalue weighted by Gasteiger charge is -2.07. The van der Waals surface area contributed by atoms with Crippen molar-refractivity contribution in [2.75, 3.05) is 0 Å². The van der Waals surface area contributed by atoms with Crippen LogP contribution in [0.15, 0.2) is 53.5 Å². The van der Waals surface area contributed by atoms with Crippen LogP contribution in [0, 0.1) is 13.8 Å². The quantitative estimate of drug-likeness (QED) is 0.681. The topological polar surface area (TPSA) is 60.7 Å². The van der Waals surface area contributed by atoms with E-state index in [0.29, 0.717) is 11.2 Å². The normalized spacial score (nSPS) is 10.6. The molecule has 0 aliphatic carbocycles. The zero-order valence-electron chi connectivity index (χ0n) is 12.2. The highest BCUT2D eigenvalue weighted by atomic mass is 16.5. The van der Waals surface area contributed by atoms with Gasteiger partial charge in [0.1, 0.15) is 5.65 Å². The van der Waals surface area contributed by atoms with Gasteiger partial charge in [-0.05, 0) is 37.6 Å². The van der Waals surface area contributed by atoms with Crippen LogP contribution in [-0.4, -0.2) is 15.4 Å². The maximum absolute atomic E-state index is 12.1. The third-order valence-electron chi connectivity index (χ3n) is 3.35. The van der Waals surface area contributed by atoms with Crippen molar-refractivity contribution in [2.45, 2.75) is 13.8 Å². The van der Waals surface area contributed by atoms with E-state index >= 15 is 0 Å². The second kappa shape index (κ2) is 5.44. The van der Waals surface area contributed by atoms with E-state index in [4.69, 9.17) is 4.74 Å². The van der Waals surface area contributed by atoms with Gasteiger partial charge in [-0.1, -0.05) is 23.8 Å². The van der Waals surface area contributed by atoms with E-state index in [1.807, 2.05) is 32.0 Å². The largest absolute Gasteiger partial charge is 0.404 e. The van der Waals surface area contributed by atoms with Crippen molar-refractivity contribution in [3.8, 4) is 5.88 Å². The van der Waals surface area contributed by atoms with E-state index in [1.54, 1.807) is 24.4 Å². The van der Waals surface area contributed by atoms with Crippen molar-refractivity contribution < 1.29 is 9.53 Å². The Morgan fingerprint density at radius 3 is 2.59 bits per heavy atom. The van der Waals surface area contributed by atoms with Gasteiger partial charge >= 0.3 is 5.97 Å². The van der Waals surface area contributed by atoms with Crippen LogP contribution in [0.5, 0.6) is 5.88 Å². The standard InChI is InChI=1S/C17H14N2O3/c1-11-5-7-13(8-6-11)17(21)22-14-10-15(20)19-9-3-4-12(2)16(19)18-14/h3-10H,1-2H3. The lowest BCUT2D eigenvalue weighted by atomic mass is 10.1. The molecule has 0 saturated carbocycles. The third-order valence-corrected chi connectivity index (χ3v) is 3.35. The molecule has 0 unspecified atom stereocenters. The molecule has 5 nitrogen and oxygen atoms in total. The number of carbonyl (C=O) groups excluding carboxylic acids is 1. The lowest BCUT2D eigenvalue weighted by molar-refractivity contribution is 0.0727. The SMILES string of the molecule is Cc1ccc(C(=O)Oc2cc(=O)n3cccc(C)c3n2)cc1. The molecule has 22 heavy (non-hydrogen) atoms. The first kappa shape index (κ1) is 14.0. The Morgan fingerprint density at radius 1 is 1.14 bits per heavy atom. The summed E-state index contributed by atoms with van der Waals surface area (Å²) in [6, 6.07) is 11.8. The Bertz CT molecular complexity index is 911. The summed E-state index contributed by atoms with van der Waals surface area (Å²) in [6.45, 7) is 3.77. The molecule has 0 N–H and O–H groups in total. The molecule has 0 atom stereocenters. The number of hydrogen-bond acceptors (Lipinski definition) is 4. The zero-order chi connectivity index (χ0) is 15.7. The van der Waals surface area contributed by atoms with Crippen LogP contribution in [0.2, 0.25) is 0 Å². The number of esters is 1. The number of fused-ring (bicyclic) bond motifs is 1. The van der Waals surface area contributed by atoms with Crippen molar-refractivity contribution in [3.05, 3.63) is 75.7 Å². The highest BCUT2D eigenvalue weighted by Crippen LogP contribution is 2.12. The molecule has 0 aliphatic heterocycles. The minimum atomic E-state index is -0.537. The zero-order valence-corrected chi connectivity index (χ0v) is 12.2.